The van der Waals surface area contributed by atoms with Crippen LogP contribution < -0.4 is 14.8 Å². The van der Waals surface area contributed by atoms with E-state index in [2.05, 4.69) is 19.8 Å². The highest BCUT2D eigenvalue weighted by Crippen LogP contribution is 2.31. The van der Waals surface area contributed by atoms with E-state index < -0.39 is 25.6 Å². The van der Waals surface area contributed by atoms with Gasteiger partial charge in [-0.25, -0.2) is 4.99 Å². The Hall–Kier alpha value is -2.29. The van der Waals surface area contributed by atoms with E-state index in [-0.39, 0.29) is 22.4 Å². The van der Waals surface area contributed by atoms with Gasteiger partial charge in [0, 0.05) is 18.2 Å². The van der Waals surface area contributed by atoms with Gasteiger partial charge in [0.05, 0.1) is 5.69 Å². The predicted molar refractivity (Wildman–Crippen MR) is 78.9 cm³/mol. The minimum Gasteiger partial charge on any atom is -0.484 e. The van der Waals surface area contributed by atoms with Gasteiger partial charge in [0.15, 0.2) is 24.6 Å². The molecule has 0 heterocycles. The number of benzene rings is 1. The molecule has 138 valence electrons. The summed E-state index contributed by atoms with van der Waals surface area (Å²) in [5.41, 5.74) is -0.0519. The summed E-state index contributed by atoms with van der Waals surface area (Å²) >= 11 is 1.01. The van der Waals surface area contributed by atoms with E-state index in [0.717, 1.165) is 30.0 Å². The van der Waals surface area contributed by atoms with Crippen LogP contribution in [-0.4, -0.2) is 37.0 Å². The first-order valence-corrected chi connectivity index (χ1v) is 7.57. The molecule has 0 saturated carbocycles. The number of thioether (sulfide) groups is 1. The molecule has 25 heavy (non-hydrogen) atoms. The van der Waals surface area contributed by atoms with Crippen LogP contribution in [0.4, 0.5) is 32.0 Å². The summed E-state index contributed by atoms with van der Waals surface area (Å²) < 4.78 is 82.4. The highest BCUT2D eigenvalue weighted by molar-refractivity contribution is 8.13. The first kappa shape index (κ1) is 20.8. The van der Waals surface area contributed by atoms with Crippen LogP contribution in [-0.2, 0) is 0 Å². The first-order chi connectivity index (χ1) is 11.5. The van der Waals surface area contributed by atoms with Crippen molar-refractivity contribution in [3.05, 3.63) is 18.2 Å². The summed E-state index contributed by atoms with van der Waals surface area (Å²) in [6.07, 6.45) is -6.09. The van der Waals surface area contributed by atoms with Gasteiger partial charge in [-0.1, -0.05) is 11.8 Å². The first-order valence-electron chi connectivity index (χ1n) is 6.34. The van der Waals surface area contributed by atoms with E-state index in [1.165, 1.54) is 0 Å². The number of rotatable bonds is 5. The van der Waals surface area contributed by atoms with Crippen LogP contribution in [0.15, 0.2) is 23.2 Å². The second-order valence-electron chi connectivity index (χ2n) is 4.33. The number of halogens is 6. The van der Waals surface area contributed by atoms with Crippen LogP contribution >= 0.6 is 11.8 Å². The molecule has 1 rings (SSSR count). The monoisotopic (exact) mass is 387 g/mol. The number of ether oxygens (including phenoxy) is 2. The molecule has 0 aromatic heterocycles. The maximum atomic E-state index is 12.2. The molecule has 1 N–H and O–H groups in total. The maximum absolute atomic E-state index is 12.2. The van der Waals surface area contributed by atoms with E-state index in [0.29, 0.717) is 0 Å². The van der Waals surface area contributed by atoms with Gasteiger partial charge in [-0.05, 0) is 6.26 Å². The standard InChI is InChI=1S/C13H11F6N3O2S/c1-25-11(21-7-20)22-8-2-9(23-5-12(14,15)16)4-10(3-8)24-6-13(17,18)19/h2-4H,5-6H2,1H3,(H,21,22). The van der Waals surface area contributed by atoms with E-state index in [1.54, 1.807) is 12.4 Å². The van der Waals surface area contributed by atoms with Gasteiger partial charge in [0.1, 0.15) is 11.5 Å². The largest absolute Gasteiger partial charge is 0.484 e. The van der Waals surface area contributed by atoms with Crippen molar-refractivity contribution in [2.75, 3.05) is 19.5 Å². The van der Waals surface area contributed by atoms with Gasteiger partial charge in [0.2, 0.25) is 0 Å². The lowest BCUT2D eigenvalue weighted by molar-refractivity contribution is -0.153. The molecule has 0 fully saturated rings. The normalized spacial score (nSPS) is 12.5. The fraction of sp³-hybridized carbons (Fsp3) is 0.385. The van der Waals surface area contributed by atoms with Crippen molar-refractivity contribution in [3.8, 4) is 17.7 Å². The molecule has 1 aromatic carbocycles. The third kappa shape index (κ3) is 8.94. The summed E-state index contributed by atoms with van der Waals surface area (Å²) in [4.78, 5) is 3.90. The van der Waals surface area contributed by atoms with E-state index >= 15 is 0 Å². The lowest BCUT2D eigenvalue weighted by Crippen LogP contribution is -2.20. The number of nitrogens with zero attached hydrogens (tertiary/aromatic N) is 2. The Balaban J connectivity index is 3.10. The summed E-state index contributed by atoms with van der Waals surface area (Å²) in [7, 11) is 0. The number of hydrogen-bond donors (Lipinski definition) is 1. The highest BCUT2D eigenvalue weighted by Gasteiger charge is 2.30. The zero-order chi connectivity index (χ0) is 19.1. The van der Waals surface area contributed by atoms with Gasteiger partial charge in [-0.15, -0.1) is 0 Å². The number of hydrogen-bond acceptors (Lipinski definition) is 5. The Kier molecular flexibility index (Phi) is 7.22. The Morgan fingerprint density at radius 1 is 1.08 bits per heavy atom. The van der Waals surface area contributed by atoms with Crippen LogP contribution in [0.5, 0.6) is 11.5 Å². The topological polar surface area (TPSA) is 66.6 Å². The Bertz CT molecular complexity index is 618. The molecule has 0 aliphatic carbocycles. The minimum atomic E-state index is -4.63. The highest BCUT2D eigenvalue weighted by atomic mass is 32.2. The number of nitriles is 1. The molecular formula is C13H11F6N3O2S. The molecule has 0 aliphatic rings. The van der Waals surface area contributed by atoms with E-state index in [1.807, 2.05) is 0 Å². The number of aliphatic imine (C=N–C) groups is 1. The molecule has 0 unspecified atom stereocenters. The van der Waals surface area contributed by atoms with Gasteiger partial charge < -0.3 is 9.47 Å². The quantitative estimate of drug-likeness (QED) is 0.272. The van der Waals surface area contributed by atoms with Crippen molar-refractivity contribution in [3.63, 3.8) is 0 Å². The van der Waals surface area contributed by atoms with Crippen molar-refractivity contribution in [1.29, 1.82) is 5.26 Å². The number of alkyl halides is 6. The number of nitrogens with one attached hydrogen (secondary N) is 1. The average molecular weight is 387 g/mol. The van der Waals surface area contributed by atoms with Crippen molar-refractivity contribution in [2.24, 2.45) is 4.99 Å². The van der Waals surface area contributed by atoms with Gasteiger partial charge in [-0.2, -0.15) is 31.6 Å². The smallest absolute Gasteiger partial charge is 0.422 e. The van der Waals surface area contributed by atoms with Gasteiger partial charge >= 0.3 is 12.4 Å². The second-order valence-corrected chi connectivity index (χ2v) is 5.12. The van der Waals surface area contributed by atoms with Crippen molar-refractivity contribution in [1.82, 2.24) is 5.32 Å². The molecule has 0 aliphatic heterocycles. The molecule has 0 bridgehead atoms. The average Bonchev–Trinajstić information content (AvgIpc) is 2.49. The third-order valence-corrected chi connectivity index (χ3v) is 2.84. The SMILES string of the molecule is CSC(=Nc1cc(OCC(F)(F)F)cc(OCC(F)(F)F)c1)NC#N. The van der Waals surface area contributed by atoms with Gasteiger partial charge in [0.25, 0.3) is 0 Å². The third-order valence-electron chi connectivity index (χ3n) is 2.26. The lowest BCUT2D eigenvalue weighted by Gasteiger charge is -2.13. The molecule has 0 spiro atoms. The van der Waals surface area contributed by atoms with E-state index in [9.17, 15) is 26.3 Å². The van der Waals surface area contributed by atoms with Crippen LogP contribution in [0.25, 0.3) is 0 Å². The van der Waals surface area contributed by atoms with Crippen molar-refractivity contribution < 1.29 is 35.8 Å². The Labute approximate surface area is 142 Å². The number of amidine groups is 1. The molecule has 12 heteroatoms. The van der Waals surface area contributed by atoms with E-state index in [4.69, 9.17) is 5.26 Å². The molecule has 5 nitrogen and oxygen atoms in total. The molecule has 1 aromatic rings. The van der Waals surface area contributed by atoms with Gasteiger partial charge in [-0.3, -0.25) is 5.32 Å². The fourth-order valence-electron chi connectivity index (χ4n) is 1.41. The van der Waals surface area contributed by atoms with Crippen LogP contribution in [0.3, 0.4) is 0 Å². The minimum absolute atomic E-state index is 0.0519. The molecule has 0 amide bonds. The molecular weight excluding hydrogens is 376 g/mol. The molecule has 0 atom stereocenters. The zero-order valence-corrected chi connectivity index (χ0v) is 13.3. The summed E-state index contributed by atoms with van der Waals surface area (Å²) in [5, 5.41) is 10.8. The Morgan fingerprint density at radius 3 is 1.92 bits per heavy atom. The summed E-state index contributed by atoms with van der Waals surface area (Å²) in [6, 6.07) is 3.02. The summed E-state index contributed by atoms with van der Waals surface area (Å²) in [5.74, 6) is -0.763. The zero-order valence-electron chi connectivity index (χ0n) is 12.5. The predicted octanol–water partition coefficient (Wildman–Crippen LogP) is 3.99. The van der Waals surface area contributed by atoms with Crippen LogP contribution in [0, 0.1) is 11.5 Å². The lowest BCUT2D eigenvalue weighted by atomic mass is 10.3. The fourth-order valence-corrected chi connectivity index (χ4v) is 1.75. The second kappa shape index (κ2) is 8.70. The van der Waals surface area contributed by atoms with Crippen molar-refractivity contribution in [2.45, 2.75) is 12.4 Å². The summed E-state index contributed by atoms with van der Waals surface area (Å²) in [6.45, 7) is -3.27. The Morgan fingerprint density at radius 2 is 1.56 bits per heavy atom. The maximum Gasteiger partial charge on any atom is 0.422 e. The molecule has 0 saturated heterocycles. The van der Waals surface area contributed by atoms with Crippen LogP contribution in [0.1, 0.15) is 0 Å². The molecule has 0 radical (unpaired) electrons. The van der Waals surface area contributed by atoms with Crippen molar-refractivity contribution >= 4 is 22.6 Å². The van der Waals surface area contributed by atoms with Crippen LogP contribution in [0.2, 0.25) is 0 Å².